The van der Waals surface area contributed by atoms with Gasteiger partial charge in [-0.3, -0.25) is 4.79 Å². The average Bonchev–Trinajstić information content (AvgIpc) is 2.80. The van der Waals surface area contributed by atoms with Crippen LogP contribution in [0.4, 0.5) is 5.69 Å². The summed E-state index contributed by atoms with van der Waals surface area (Å²) in [4.78, 5) is 12.2. The number of methoxy groups -OCH3 is 1. The summed E-state index contributed by atoms with van der Waals surface area (Å²) < 4.78 is 34.0. The molecule has 1 aliphatic carbocycles. The number of nitrogens with one attached hydrogen (secondary N) is 2. The van der Waals surface area contributed by atoms with Crippen LogP contribution in [0.5, 0.6) is 11.5 Å². The Hall–Kier alpha value is -2.62. The zero-order valence-electron chi connectivity index (χ0n) is 18.2. The molecule has 5 N–H and O–H groups in total. The largest absolute Gasteiger partial charge is 0.503 e. The Kier molecular flexibility index (Phi) is 8.11. The molecule has 8 nitrogen and oxygen atoms in total. The second kappa shape index (κ2) is 10.8. The normalized spacial score (nSPS) is 18.8. The van der Waals surface area contributed by atoms with Gasteiger partial charge in [-0.25, -0.2) is 13.1 Å². The first-order valence-electron chi connectivity index (χ1n) is 10.8. The van der Waals surface area contributed by atoms with Crippen molar-refractivity contribution in [2.75, 3.05) is 19.0 Å². The molecule has 0 radical (unpaired) electrons. The van der Waals surface area contributed by atoms with Gasteiger partial charge in [-0.2, -0.15) is 0 Å². The van der Waals surface area contributed by atoms with Crippen molar-refractivity contribution in [1.82, 2.24) is 4.72 Å². The zero-order chi connectivity index (χ0) is 23.1. The molecular formula is C23H31N3O5S. The number of aromatic hydroxyl groups is 1. The first-order chi connectivity index (χ1) is 15.4. The molecule has 3 rings (SSSR count). The van der Waals surface area contributed by atoms with Gasteiger partial charge in [0.25, 0.3) is 5.91 Å². The third-order valence-electron chi connectivity index (χ3n) is 5.86. The quantitative estimate of drug-likeness (QED) is 0.424. The van der Waals surface area contributed by atoms with Crippen molar-refractivity contribution in [2.45, 2.75) is 49.5 Å². The number of anilines is 1. The number of hydrogen-bond donors (Lipinski definition) is 4. The average molecular weight is 462 g/mol. The molecule has 0 atom stereocenters. The van der Waals surface area contributed by atoms with Crippen LogP contribution < -0.4 is 20.5 Å². The Labute approximate surface area is 189 Å². The Morgan fingerprint density at radius 3 is 2.44 bits per heavy atom. The van der Waals surface area contributed by atoms with Crippen molar-refractivity contribution in [1.29, 1.82) is 0 Å². The van der Waals surface area contributed by atoms with Crippen LogP contribution in [-0.2, 0) is 10.0 Å². The molecule has 32 heavy (non-hydrogen) atoms. The molecule has 0 aliphatic heterocycles. The molecule has 0 spiro atoms. The second-order valence-electron chi connectivity index (χ2n) is 8.08. The molecule has 0 unspecified atom stereocenters. The molecule has 174 valence electrons. The molecule has 9 heteroatoms. The van der Waals surface area contributed by atoms with Crippen LogP contribution in [0.25, 0.3) is 0 Å². The summed E-state index contributed by atoms with van der Waals surface area (Å²) in [5.41, 5.74) is 6.05. The van der Waals surface area contributed by atoms with Gasteiger partial charge >= 0.3 is 0 Å². The number of benzene rings is 2. The molecule has 2 aromatic carbocycles. The number of rotatable bonds is 9. The predicted octanol–water partition coefficient (Wildman–Crippen LogP) is 3.23. The van der Waals surface area contributed by atoms with Crippen LogP contribution in [-0.4, -0.2) is 39.1 Å². The number of nitrogens with two attached hydrogens (primary N) is 1. The smallest absolute Gasteiger partial charge is 0.255 e. The lowest BCUT2D eigenvalue weighted by Crippen LogP contribution is -2.37. The lowest BCUT2D eigenvalue weighted by molar-refractivity contribution is 0.102. The topological polar surface area (TPSA) is 131 Å². The fraction of sp³-hybridized carbons (Fsp3) is 0.435. The molecule has 1 amide bonds. The van der Waals surface area contributed by atoms with Crippen LogP contribution in [0.2, 0.25) is 0 Å². The number of carbonyl (C=O) groups is 1. The van der Waals surface area contributed by atoms with E-state index in [4.69, 9.17) is 10.5 Å². The molecule has 1 fully saturated rings. The molecule has 1 aliphatic rings. The van der Waals surface area contributed by atoms with Gasteiger partial charge in [-0.1, -0.05) is 18.2 Å². The van der Waals surface area contributed by atoms with Gasteiger partial charge in [-0.05, 0) is 75.3 Å². The highest BCUT2D eigenvalue weighted by molar-refractivity contribution is 7.89. The number of phenols is 1. The Morgan fingerprint density at radius 1 is 1.12 bits per heavy atom. The van der Waals surface area contributed by atoms with Gasteiger partial charge in [0.2, 0.25) is 10.0 Å². The minimum Gasteiger partial charge on any atom is -0.503 e. The van der Waals surface area contributed by atoms with Crippen molar-refractivity contribution < 1.29 is 23.1 Å². The highest BCUT2D eigenvalue weighted by Crippen LogP contribution is 2.40. The van der Waals surface area contributed by atoms with Crippen molar-refractivity contribution >= 4 is 21.6 Å². The van der Waals surface area contributed by atoms with Crippen LogP contribution >= 0.6 is 0 Å². The summed E-state index contributed by atoms with van der Waals surface area (Å²) in [6.45, 7) is 0.678. The summed E-state index contributed by atoms with van der Waals surface area (Å²) in [6.07, 6.45) is 5.50. The first kappa shape index (κ1) is 24.0. The van der Waals surface area contributed by atoms with E-state index in [0.29, 0.717) is 18.0 Å². The molecule has 0 bridgehead atoms. The standard InChI is InChI=1S/C23H31N3O5S/c1-31-22-20(32(29,30)26-18-11-9-16(10-12-18)6-5-15-24)14-13-19(21(22)27)25-23(28)17-7-3-2-4-8-17/h2-4,7-8,13-14,16,18,26-27H,5-6,9-12,15,24H2,1H3,(H,25,28). The SMILES string of the molecule is COc1c(S(=O)(=O)NC2CCC(CCCN)CC2)ccc(NC(=O)c2ccccc2)c1O. The minimum absolute atomic E-state index is 0.0649. The number of amides is 1. The number of hydrogen-bond acceptors (Lipinski definition) is 6. The maximum atomic E-state index is 13.0. The van der Waals surface area contributed by atoms with E-state index in [-0.39, 0.29) is 22.4 Å². The van der Waals surface area contributed by atoms with Gasteiger partial charge in [0.05, 0.1) is 12.8 Å². The maximum absolute atomic E-state index is 13.0. The number of sulfonamides is 1. The Bertz CT molecular complexity index is 1020. The van der Waals surface area contributed by atoms with Crippen LogP contribution in [0.3, 0.4) is 0 Å². The summed E-state index contributed by atoms with van der Waals surface area (Å²) in [5.74, 6) is -0.487. The molecule has 0 aromatic heterocycles. The Balaban J connectivity index is 1.73. The number of phenolic OH excluding ortho intramolecular Hbond substituents is 1. The number of carbonyl (C=O) groups excluding carboxylic acids is 1. The van der Waals surface area contributed by atoms with Gasteiger partial charge in [0.15, 0.2) is 11.5 Å². The van der Waals surface area contributed by atoms with Crippen molar-refractivity contribution in [3.05, 3.63) is 48.0 Å². The summed E-state index contributed by atoms with van der Waals surface area (Å²) in [5, 5.41) is 13.2. The van der Waals surface area contributed by atoms with E-state index in [1.54, 1.807) is 30.3 Å². The van der Waals surface area contributed by atoms with E-state index in [1.807, 2.05) is 0 Å². The van der Waals surface area contributed by atoms with E-state index >= 15 is 0 Å². The van der Waals surface area contributed by atoms with Gasteiger partial charge in [0.1, 0.15) is 4.90 Å². The zero-order valence-corrected chi connectivity index (χ0v) is 19.0. The number of ether oxygens (including phenoxy) is 1. The van der Waals surface area contributed by atoms with Gasteiger partial charge in [0, 0.05) is 11.6 Å². The van der Waals surface area contributed by atoms with E-state index in [9.17, 15) is 18.3 Å². The fourth-order valence-corrected chi connectivity index (χ4v) is 5.58. The van der Waals surface area contributed by atoms with E-state index in [0.717, 1.165) is 38.5 Å². The molecule has 1 saturated carbocycles. The van der Waals surface area contributed by atoms with Crippen molar-refractivity contribution in [2.24, 2.45) is 11.7 Å². The van der Waals surface area contributed by atoms with Crippen LogP contribution in [0.15, 0.2) is 47.4 Å². The molecule has 0 saturated heterocycles. The van der Waals surface area contributed by atoms with Crippen LogP contribution in [0.1, 0.15) is 48.9 Å². The van der Waals surface area contributed by atoms with Crippen molar-refractivity contribution in [3.63, 3.8) is 0 Å². The molecule has 2 aromatic rings. The first-order valence-corrected chi connectivity index (χ1v) is 12.3. The third kappa shape index (κ3) is 5.79. The third-order valence-corrected chi connectivity index (χ3v) is 7.40. The summed E-state index contributed by atoms with van der Waals surface area (Å²) >= 11 is 0. The lowest BCUT2D eigenvalue weighted by Gasteiger charge is -2.29. The predicted molar refractivity (Wildman–Crippen MR) is 123 cm³/mol. The van der Waals surface area contributed by atoms with Gasteiger partial charge in [-0.15, -0.1) is 0 Å². The second-order valence-corrected chi connectivity index (χ2v) is 9.77. The van der Waals surface area contributed by atoms with E-state index in [1.165, 1.54) is 19.2 Å². The minimum atomic E-state index is -3.92. The van der Waals surface area contributed by atoms with Gasteiger partial charge < -0.3 is 20.9 Å². The summed E-state index contributed by atoms with van der Waals surface area (Å²) in [6, 6.07) is 11.0. The maximum Gasteiger partial charge on any atom is 0.255 e. The van der Waals surface area contributed by atoms with E-state index in [2.05, 4.69) is 10.0 Å². The molecular weight excluding hydrogens is 430 g/mol. The summed E-state index contributed by atoms with van der Waals surface area (Å²) in [7, 11) is -2.65. The highest BCUT2D eigenvalue weighted by Gasteiger charge is 2.29. The fourth-order valence-electron chi connectivity index (χ4n) is 4.10. The van der Waals surface area contributed by atoms with E-state index < -0.39 is 21.7 Å². The molecule has 0 heterocycles. The Morgan fingerprint density at radius 2 is 1.81 bits per heavy atom. The van der Waals surface area contributed by atoms with Crippen molar-refractivity contribution in [3.8, 4) is 11.5 Å². The lowest BCUT2D eigenvalue weighted by atomic mass is 9.84. The monoisotopic (exact) mass is 461 g/mol. The highest BCUT2D eigenvalue weighted by atomic mass is 32.2. The van der Waals surface area contributed by atoms with Crippen LogP contribution in [0, 0.1) is 5.92 Å².